The van der Waals surface area contributed by atoms with Gasteiger partial charge in [0.15, 0.2) is 0 Å². The molecule has 0 bridgehead atoms. The van der Waals surface area contributed by atoms with E-state index >= 15 is 0 Å². The van der Waals surface area contributed by atoms with E-state index in [1.54, 1.807) is 0 Å². The average Bonchev–Trinajstić information content (AvgIpc) is 1.68. The molecule has 0 rings (SSSR count). The van der Waals surface area contributed by atoms with Crippen LogP contribution in [0.3, 0.4) is 0 Å². The van der Waals surface area contributed by atoms with E-state index in [-0.39, 0.29) is 0 Å². The van der Waals surface area contributed by atoms with Gasteiger partial charge in [-0.1, -0.05) is 20.3 Å². The van der Waals surface area contributed by atoms with Crippen molar-refractivity contribution in [3.63, 3.8) is 0 Å². The van der Waals surface area contributed by atoms with Crippen LogP contribution in [0.15, 0.2) is 0 Å². The molecule has 1 atom stereocenters. The summed E-state index contributed by atoms with van der Waals surface area (Å²) in [4.78, 5) is 0. The highest BCUT2D eigenvalue weighted by Crippen LogP contribution is 1.98. The van der Waals surface area contributed by atoms with E-state index in [0.717, 1.165) is 6.42 Å². The van der Waals surface area contributed by atoms with Gasteiger partial charge in [-0.3, -0.25) is 0 Å². The molecule has 2 radical (unpaired) electrons. The summed E-state index contributed by atoms with van der Waals surface area (Å²) in [6, 6.07) is 0. The Morgan fingerprint density at radius 3 is 2.43 bits per heavy atom. The molecule has 0 amide bonds. The van der Waals surface area contributed by atoms with E-state index in [9.17, 15) is 0 Å². The molecule has 0 aromatic carbocycles. The van der Waals surface area contributed by atoms with Gasteiger partial charge in [0.2, 0.25) is 0 Å². The molecule has 0 saturated heterocycles. The zero-order valence-electron chi connectivity index (χ0n) is 4.98. The van der Waals surface area contributed by atoms with Gasteiger partial charge in [-0.15, -0.1) is 0 Å². The summed E-state index contributed by atoms with van der Waals surface area (Å²) < 4.78 is 4.39. The van der Waals surface area contributed by atoms with Crippen LogP contribution in [0.4, 0.5) is 0 Å². The zero-order valence-corrected chi connectivity index (χ0v) is 4.98. The molecular weight excluding hydrogens is 88.1 g/mol. The molecule has 0 heterocycles. The maximum Gasteiger partial charge on any atom is 0.115 e. The van der Waals surface area contributed by atoms with E-state index in [2.05, 4.69) is 18.6 Å². The van der Waals surface area contributed by atoms with Crippen molar-refractivity contribution < 1.29 is 4.74 Å². The van der Waals surface area contributed by atoms with E-state index in [0.29, 0.717) is 12.5 Å². The lowest BCUT2D eigenvalue weighted by Crippen LogP contribution is -1.99. The van der Waals surface area contributed by atoms with Crippen LogP contribution in [0, 0.1) is 13.0 Å². The Labute approximate surface area is 45.7 Å². The quantitative estimate of drug-likeness (QED) is 0.524. The maximum atomic E-state index is 4.80. The SMILES string of the molecule is [CH]OCC(C)CC. The minimum absolute atomic E-state index is 0.602. The van der Waals surface area contributed by atoms with Crippen molar-refractivity contribution >= 4 is 0 Å². The predicted octanol–water partition coefficient (Wildman–Crippen LogP) is 1.72. The summed E-state index contributed by atoms with van der Waals surface area (Å²) >= 11 is 0. The van der Waals surface area contributed by atoms with Crippen molar-refractivity contribution in [1.82, 2.24) is 0 Å². The Bertz CT molecular complexity index is 35.2. The highest BCUT2D eigenvalue weighted by molar-refractivity contribution is 4.44. The zero-order chi connectivity index (χ0) is 5.70. The summed E-state index contributed by atoms with van der Waals surface area (Å²) in [6.07, 6.45) is 1.14. The van der Waals surface area contributed by atoms with Crippen LogP contribution in [-0.2, 0) is 4.74 Å². The van der Waals surface area contributed by atoms with Crippen LogP contribution in [0.1, 0.15) is 20.3 Å². The number of hydrogen-bond acceptors (Lipinski definition) is 1. The van der Waals surface area contributed by atoms with Gasteiger partial charge in [-0.25, -0.2) is 0 Å². The van der Waals surface area contributed by atoms with Crippen LogP contribution in [0.2, 0.25) is 0 Å². The third kappa shape index (κ3) is 3.80. The first kappa shape index (κ1) is 6.96. The Morgan fingerprint density at radius 2 is 2.29 bits per heavy atom. The molecule has 1 heteroatoms. The third-order valence-corrected chi connectivity index (χ3v) is 1.08. The Kier molecular flexibility index (Phi) is 4.10. The van der Waals surface area contributed by atoms with Gasteiger partial charge < -0.3 is 4.74 Å². The lowest BCUT2D eigenvalue weighted by molar-refractivity contribution is 0.194. The minimum atomic E-state index is 0.602. The first-order chi connectivity index (χ1) is 3.31. The van der Waals surface area contributed by atoms with Crippen LogP contribution in [0.25, 0.3) is 0 Å². The second kappa shape index (κ2) is 4.13. The van der Waals surface area contributed by atoms with Gasteiger partial charge in [0.1, 0.15) is 7.11 Å². The highest BCUT2D eigenvalue weighted by Gasteiger charge is 1.93. The maximum absolute atomic E-state index is 4.80. The van der Waals surface area contributed by atoms with E-state index in [4.69, 9.17) is 7.11 Å². The highest BCUT2D eigenvalue weighted by atomic mass is 16.5. The fraction of sp³-hybridized carbons (Fsp3) is 0.833. The van der Waals surface area contributed by atoms with Gasteiger partial charge in [-0.05, 0) is 5.92 Å². The molecule has 1 unspecified atom stereocenters. The molecule has 7 heavy (non-hydrogen) atoms. The second-order valence-corrected chi connectivity index (χ2v) is 1.85. The van der Waals surface area contributed by atoms with Gasteiger partial charge >= 0.3 is 0 Å². The van der Waals surface area contributed by atoms with Crippen molar-refractivity contribution in [2.75, 3.05) is 6.61 Å². The minimum Gasteiger partial charge on any atom is -0.372 e. The summed E-state index contributed by atoms with van der Waals surface area (Å²) in [5.74, 6) is 0.602. The Hall–Kier alpha value is -0.0400. The van der Waals surface area contributed by atoms with Gasteiger partial charge in [-0.2, -0.15) is 0 Å². The molecule has 42 valence electrons. The number of rotatable bonds is 3. The lowest BCUT2D eigenvalue weighted by Gasteiger charge is -2.02. The number of ether oxygens (including phenoxy) is 1. The van der Waals surface area contributed by atoms with Gasteiger partial charge in [0.25, 0.3) is 0 Å². The summed E-state index contributed by atoms with van der Waals surface area (Å²) in [6.45, 7) is 4.90. The molecule has 0 aliphatic carbocycles. The van der Waals surface area contributed by atoms with E-state index in [1.165, 1.54) is 0 Å². The Morgan fingerprint density at radius 1 is 1.71 bits per heavy atom. The topological polar surface area (TPSA) is 9.23 Å². The molecule has 0 saturated carbocycles. The van der Waals surface area contributed by atoms with E-state index < -0.39 is 0 Å². The molecule has 0 aromatic rings. The molecule has 0 fully saturated rings. The molecule has 0 aliphatic heterocycles. The van der Waals surface area contributed by atoms with Gasteiger partial charge in [0.05, 0.1) is 0 Å². The third-order valence-electron chi connectivity index (χ3n) is 1.08. The standard InChI is InChI=1S/C6H12O/c1-4-6(2)5-7-3/h3,6H,4-5H2,1-2H3. The molecule has 0 aromatic heterocycles. The van der Waals surface area contributed by atoms with E-state index in [1.807, 2.05) is 0 Å². The van der Waals surface area contributed by atoms with Crippen LogP contribution in [0.5, 0.6) is 0 Å². The van der Waals surface area contributed by atoms with Gasteiger partial charge in [0, 0.05) is 6.61 Å². The van der Waals surface area contributed by atoms with Crippen LogP contribution >= 0.6 is 0 Å². The molecule has 1 nitrogen and oxygen atoms in total. The van der Waals surface area contributed by atoms with Crippen molar-refractivity contribution in [3.8, 4) is 0 Å². The average molecular weight is 100 g/mol. The van der Waals surface area contributed by atoms with Crippen molar-refractivity contribution in [2.45, 2.75) is 20.3 Å². The summed E-state index contributed by atoms with van der Waals surface area (Å²) in [7, 11) is 4.80. The lowest BCUT2D eigenvalue weighted by atomic mass is 10.1. The molecule has 0 aliphatic rings. The van der Waals surface area contributed by atoms with Crippen LogP contribution < -0.4 is 0 Å². The smallest absolute Gasteiger partial charge is 0.115 e. The first-order valence-corrected chi connectivity index (χ1v) is 2.63. The fourth-order valence-electron chi connectivity index (χ4n) is 0.282. The molecular formula is C6H12O. The molecule has 0 N–H and O–H groups in total. The van der Waals surface area contributed by atoms with Crippen molar-refractivity contribution in [2.24, 2.45) is 5.92 Å². The predicted molar refractivity (Wildman–Crippen MR) is 29.7 cm³/mol. The monoisotopic (exact) mass is 100 g/mol. The van der Waals surface area contributed by atoms with Crippen LogP contribution in [-0.4, -0.2) is 6.61 Å². The van der Waals surface area contributed by atoms with Crippen molar-refractivity contribution in [3.05, 3.63) is 7.11 Å². The van der Waals surface area contributed by atoms with Crippen molar-refractivity contribution in [1.29, 1.82) is 0 Å². The summed E-state index contributed by atoms with van der Waals surface area (Å²) in [5, 5.41) is 0. The summed E-state index contributed by atoms with van der Waals surface area (Å²) in [5.41, 5.74) is 0. The number of hydrogen-bond donors (Lipinski definition) is 0. The first-order valence-electron chi connectivity index (χ1n) is 2.63. The largest absolute Gasteiger partial charge is 0.372 e. The Balaban J connectivity index is 2.83. The fourth-order valence-corrected chi connectivity index (χ4v) is 0.282. The molecule has 0 spiro atoms. The normalized spacial score (nSPS) is 14.1. The second-order valence-electron chi connectivity index (χ2n) is 1.85.